The second kappa shape index (κ2) is 8.26. The van der Waals surface area contributed by atoms with Crippen LogP contribution in [0.25, 0.3) is 6.08 Å². The Morgan fingerprint density at radius 3 is 2.10 bits per heavy atom. The minimum atomic E-state index is -0.669. The SMILES string of the molecule is O=C1/C(=C\c2cc([N+](=O)[O-])ccc2O)SC(=S)N1/N=C/c1cc([N+](=O)[O-])ccc1O. The number of benzene rings is 2. The van der Waals surface area contributed by atoms with Crippen LogP contribution < -0.4 is 0 Å². The molecule has 0 unspecified atom stereocenters. The molecular formula is C17H10N4O7S2. The van der Waals surface area contributed by atoms with Gasteiger partial charge in [-0.2, -0.15) is 10.1 Å². The Labute approximate surface area is 177 Å². The van der Waals surface area contributed by atoms with Gasteiger partial charge in [0.05, 0.1) is 21.0 Å². The molecule has 2 aromatic rings. The van der Waals surface area contributed by atoms with Crippen molar-refractivity contribution in [1.29, 1.82) is 0 Å². The van der Waals surface area contributed by atoms with E-state index in [4.69, 9.17) is 12.2 Å². The minimum Gasteiger partial charge on any atom is -0.507 e. The van der Waals surface area contributed by atoms with E-state index in [0.29, 0.717) is 0 Å². The van der Waals surface area contributed by atoms with Gasteiger partial charge in [0.15, 0.2) is 4.32 Å². The standard InChI is InChI=1S/C17H10N4O7S2/c22-13-3-1-11(20(25)26)5-9(13)7-15-16(24)19(17(29)30-15)18-8-10-6-12(21(27)28)2-4-14(10)23/h1-8,22-23H/b15-7+,18-8+. The zero-order valence-electron chi connectivity index (χ0n) is 14.7. The maximum Gasteiger partial charge on any atom is 0.286 e. The fourth-order valence-electron chi connectivity index (χ4n) is 2.35. The van der Waals surface area contributed by atoms with Crippen LogP contribution in [0.4, 0.5) is 11.4 Å². The Hall–Kier alpha value is -3.84. The molecule has 1 amide bonds. The molecule has 1 aliphatic heterocycles. The lowest BCUT2D eigenvalue weighted by Crippen LogP contribution is -2.22. The van der Waals surface area contributed by atoms with Gasteiger partial charge < -0.3 is 10.2 Å². The molecular weight excluding hydrogens is 436 g/mol. The summed E-state index contributed by atoms with van der Waals surface area (Å²) in [6.45, 7) is 0. The molecule has 2 aromatic carbocycles. The number of phenolic OH excluding ortho intramolecular Hbond substituents is 2. The number of aromatic hydroxyl groups is 2. The van der Waals surface area contributed by atoms with E-state index in [-0.39, 0.29) is 43.2 Å². The molecule has 152 valence electrons. The van der Waals surface area contributed by atoms with Crippen molar-refractivity contribution in [3.8, 4) is 11.5 Å². The predicted octanol–water partition coefficient (Wildman–Crippen LogP) is 3.15. The van der Waals surface area contributed by atoms with Crippen molar-refractivity contribution in [2.75, 3.05) is 0 Å². The average molecular weight is 446 g/mol. The predicted molar refractivity (Wildman–Crippen MR) is 112 cm³/mol. The number of hydrazone groups is 1. The molecule has 30 heavy (non-hydrogen) atoms. The van der Waals surface area contributed by atoms with Gasteiger partial charge >= 0.3 is 0 Å². The van der Waals surface area contributed by atoms with Crippen molar-refractivity contribution in [1.82, 2.24) is 5.01 Å². The summed E-state index contributed by atoms with van der Waals surface area (Å²) >= 11 is 5.95. The van der Waals surface area contributed by atoms with Crippen LogP contribution in [0.3, 0.4) is 0 Å². The first-order chi connectivity index (χ1) is 14.2. The average Bonchev–Trinajstić information content (AvgIpc) is 2.95. The summed E-state index contributed by atoms with van der Waals surface area (Å²) in [6.07, 6.45) is 2.28. The second-order valence-electron chi connectivity index (χ2n) is 5.74. The van der Waals surface area contributed by atoms with Crippen molar-refractivity contribution in [2.24, 2.45) is 5.10 Å². The number of hydrogen-bond acceptors (Lipinski definition) is 10. The molecule has 0 aromatic heterocycles. The number of nitro benzene ring substituents is 2. The van der Waals surface area contributed by atoms with Crippen LogP contribution in [0.5, 0.6) is 11.5 Å². The molecule has 1 saturated heterocycles. The van der Waals surface area contributed by atoms with E-state index < -0.39 is 15.8 Å². The molecule has 1 heterocycles. The highest BCUT2D eigenvalue weighted by Crippen LogP contribution is 2.35. The highest BCUT2D eigenvalue weighted by atomic mass is 32.2. The fraction of sp³-hybridized carbons (Fsp3) is 0. The number of carbonyl (C=O) groups excluding carboxylic acids is 1. The maximum atomic E-state index is 12.6. The molecule has 0 spiro atoms. The lowest BCUT2D eigenvalue weighted by atomic mass is 10.1. The first-order valence-electron chi connectivity index (χ1n) is 7.94. The van der Waals surface area contributed by atoms with Gasteiger partial charge in [0.1, 0.15) is 11.5 Å². The number of thiocarbonyl (C=S) groups is 1. The van der Waals surface area contributed by atoms with Crippen LogP contribution in [0.15, 0.2) is 46.4 Å². The Bertz CT molecular complexity index is 1160. The summed E-state index contributed by atoms with van der Waals surface area (Å²) in [7, 11) is 0. The fourth-order valence-corrected chi connectivity index (χ4v) is 3.51. The van der Waals surface area contributed by atoms with Crippen LogP contribution in [0.2, 0.25) is 0 Å². The third-order valence-electron chi connectivity index (χ3n) is 3.82. The molecule has 0 saturated carbocycles. The summed E-state index contributed by atoms with van der Waals surface area (Å²) in [5, 5.41) is 46.2. The molecule has 0 atom stereocenters. The molecule has 1 aliphatic rings. The van der Waals surface area contributed by atoms with E-state index >= 15 is 0 Å². The zero-order chi connectivity index (χ0) is 22.0. The Morgan fingerprint density at radius 1 is 1.00 bits per heavy atom. The Balaban J connectivity index is 1.89. The number of nitrogens with zero attached hydrogens (tertiary/aromatic N) is 4. The first-order valence-corrected chi connectivity index (χ1v) is 9.16. The summed E-state index contributed by atoms with van der Waals surface area (Å²) < 4.78 is 0.0253. The topological polar surface area (TPSA) is 159 Å². The normalized spacial score (nSPS) is 15.3. The van der Waals surface area contributed by atoms with Gasteiger partial charge in [0.2, 0.25) is 0 Å². The van der Waals surface area contributed by atoms with E-state index in [2.05, 4.69) is 5.10 Å². The van der Waals surface area contributed by atoms with E-state index in [9.17, 15) is 35.2 Å². The smallest absolute Gasteiger partial charge is 0.286 e. The van der Waals surface area contributed by atoms with Gasteiger partial charge in [-0.3, -0.25) is 25.0 Å². The van der Waals surface area contributed by atoms with Crippen molar-refractivity contribution in [2.45, 2.75) is 0 Å². The molecule has 11 nitrogen and oxygen atoms in total. The van der Waals surface area contributed by atoms with Gasteiger partial charge in [0, 0.05) is 35.4 Å². The molecule has 0 bridgehead atoms. The van der Waals surface area contributed by atoms with Crippen LogP contribution in [0, 0.1) is 20.2 Å². The lowest BCUT2D eigenvalue weighted by Gasteiger charge is -2.06. The summed E-state index contributed by atoms with van der Waals surface area (Å²) in [5.41, 5.74) is -0.502. The number of thioether (sulfide) groups is 1. The highest BCUT2D eigenvalue weighted by molar-refractivity contribution is 8.26. The van der Waals surface area contributed by atoms with Gasteiger partial charge in [-0.1, -0.05) is 11.8 Å². The van der Waals surface area contributed by atoms with Crippen LogP contribution in [0.1, 0.15) is 11.1 Å². The third kappa shape index (κ3) is 4.26. The zero-order valence-corrected chi connectivity index (χ0v) is 16.3. The quantitative estimate of drug-likeness (QED) is 0.231. The van der Waals surface area contributed by atoms with E-state index in [0.717, 1.165) is 59.4 Å². The lowest BCUT2D eigenvalue weighted by molar-refractivity contribution is -0.385. The van der Waals surface area contributed by atoms with Gasteiger partial charge in [-0.05, 0) is 30.4 Å². The van der Waals surface area contributed by atoms with Gasteiger partial charge in [-0.15, -0.1) is 0 Å². The van der Waals surface area contributed by atoms with Crippen LogP contribution >= 0.6 is 24.0 Å². The number of carbonyl (C=O) groups is 1. The molecule has 2 N–H and O–H groups in total. The van der Waals surface area contributed by atoms with Crippen molar-refractivity contribution in [3.05, 3.63) is 72.7 Å². The number of phenols is 2. The maximum absolute atomic E-state index is 12.6. The molecule has 0 radical (unpaired) electrons. The van der Waals surface area contributed by atoms with Crippen molar-refractivity contribution < 1.29 is 24.9 Å². The van der Waals surface area contributed by atoms with E-state index in [1.165, 1.54) is 6.08 Å². The molecule has 3 rings (SSSR count). The third-order valence-corrected chi connectivity index (χ3v) is 5.10. The van der Waals surface area contributed by atoms with Crippen LogP contribution in [-0.2, 0) is 4.79 Å². The van der Waals surface area contributed by atoms with E-state index in [1.54, 1.807) is 0 Å². The van der Waals surface area contributed by atoms with Crippen molar-refractivity contribution in [3.63, 3.8) is 0 Å². The highest BCUT2D eigenvalue weighted by Gasteiger charge is 2.32. The van der Waals surface area contributed by atoms with Crippen molar-refractivity contribution >= 4 is 57.9 Å². The molecule has 0 aliphatic carbocycles. The number of nitro groups is 2. The van der Waals surface area contributed by atoms with Crippen LogP contribution in [-0.4, -0.2) is 41.5 Å². The second-order valence-corrected chi connectivity index (χ2v) is 7.41. The monoisotopic (exact) mass is 446 g/mol. The number of non-ortho nitro benzene ring substituents is 2. The number of amides is 1. The van der Waals surface area contributed by atoms with E-state index in [1.807, 2.05) is 0 Å². The Morgan fingerprint density at radius 2 is 1.53 bits per heavy atom. The first kappa shape index (κ1) is 20.9. The molecule has 13 heteroatoms. The Kier molecular flexibility index (Phi) is 5.75. The minimum absolute atomic E-state index is 0.00133. The summed E-state index contributed by atoms with van der Waals surface area (Å²) in [6, 6.07) is 6.66. The van der Waals surface area contributed by atoms with Gasteiger partial charge in [0.25, 0.3) is 17.3 Å². The summed E-state index contributed by atoms with van der Waals surface area (Å²) in [4.78, 5) is 33.1. The van der Waals surface area contributed by atoms with Gasteiger partial charge in [-0.25, -0.2) is 0 Å². The number of hydrogen-bond donors (Lipinski definition) is 2. The summed E-state index contributed by atoms with van der Waals surface area (Å²) in [5.74, 6) is -1.22. The largest absolute Gasteiger partial charge is 0.507 e. The molecule has 1 fully saturated rings. The number of rotatable bonds is 5.